The van der Waals surface area contributed by atoms with Gasteiger partial charge in [-0.25, -0.2) is 0 Å². The predicted octanol–water partition coefficient (Wildman–Crippen LogP) is 3.58. The Hall–Kier alpha value is -0.570. The van der Waals surface area contributed by atoms with Crippen LogP contribution in [-0.4, -0.2) is 23.7 Å². The van der Waals surface area contributed by atoms with Gasteiger partial charge >= 0.3 is 5.97 Å². The van der Waals surface area contributed by atoms with Crippen molar-refractivity contribution in [2.45, 2.75) is 77.7 Å². The van der Waals surface area contributed by atoms with E-state index in [0.717, 1.165) is 13.0 Å². The van der Waals surface area contributed by atoms with Crippen LogP contribution in [0.4, 0.5) is 0 Å². The SMILES string of the molecule is CCCCCCCCCCCN[C@@H](C)C(=O)O. The Bertz CT molecular complexity index is 183. The van der Waals surface area contributed by atoms with Crippen LogP contribution < -0.4 is 5.32 Å². The molecule has 102 valence electrons. The number of unbranched alkanes of at least 4 members (excludes halogenated alkanes) is 8. The fourth-order valence-corrected chi connectivity index (χ4v) is 1.84. The van der Waals surface area contributed by atoms with Gasteiger partial charge in [-0.15, -0.1) is 0 Å². The molecule has 0 aliphatic carbocycles. The van der Waals surface area contributed by atoms with Gasteiger partial charge in [0.2, 0.25) is 0 Å². The molecular weight excluding hydrogens is 214 g/mol. The highest BCUT2D eigenvalue weighted by molar-refractivity contribution is 5.72. The third-order valence-corrected chi connectivity index (χ3v) is 3.10. The van der Waals surface area contributed by atoms with Gasteiger partial charge in [0.1, 0.15) is 6.04 Å². The van der Waals surface area contributed by atoms with Crippen molar-refractivity contribution >= 4 is 5.97 Å². The molecule has 0 saturated heterocycles. The number of rotatable bonds is 12. The van der Waals surface area contributed by atoms with E-state index in [4.69, 9.17) is 5.11 Å². The highest BCUT2D eigenvalue weighted by atomic mass is 16.4. The summed E-state index contributed by atoms with van der Waals surface area (Å²) in [5, 5.41) is 11.7. The molecule has 0 unspecified atom stereocenters. The minimum Gasteiger partial charge on any atom is -0.480 e. The molecule has 3 heteroatoms. The molecule has 0 radical (unpaired) electrons. The maximum Gasteiger partial charge on any atom is 0.320 e. The Morgan fingerprint density at radius 1 is 1.00 bits per heavy atom. The maximum absolute atomic E-state index is 10.5. The van der Waals surface area contributed by atoms with E-state index >= 15 is 0 Å². The predicted molar refractivity (Wildman–Crippen MR) is 72.3 cm³/mol. The van der Waals surface area contributed by atoms with Gasteiger partial charge in [0, 0.05) is 0 Å². The summed E-state index contributed by atoms with van der Waals surface area (Å²) in [7, 11) is 0. The molecule has 17 heavy (non-hydrogen) atoms. The van der Waals surface area contributed by atoms with Crippen molar-refractivity contribution in [2.24, 2.45) is 0 Å². The van der Waals surface area contributed by atoms with Crippen LogP contribution >= 0.6 is 0 Å². The highest BCUT2D eigenvalue weighted by Gasteiger charge is 2.07. The summed E-state index contributed by atoms with van der Waals surface area (Å²) in [6.07, 6.45) is 11.7. The first kappa shape index (κ1) is 16.4. The normalized spacial score (nSPS) is 12.6. The van der Waals surface area contributed by atoms with E-state index in [0.29, 0.717) is 0 Å². The summed E-state index contributed by atoms with van der Waals surface area (Å²) in [4.78, 5) is 10.5. The molecule has 0 spiro atoms. The average molecular weight is 243 g/mol. The Morgan fingerprint density at radius 3 is 1.94 bits per heavy atom. The van der Waals surface area contributed by atoms with Crippen molar-refractivity contribution in [1.29, 1.82) is 0 Å². The molecular formula is C14H29NO2. The van der Waals surface area contributed by atoms with E-state index in [9.17, 15) is 4.79 Å². The highest BCUT2D eigenvalue weighted by Crippen LogP contribution is 2.09. The number of carbonyl (C=O) groups is 1. The van der Waals surface area contributed by atoms with E-state index in [1.807, 2.05) is 0 Å². The van der Waals surface area contributed by atoms with Gasteiger partial charge < -0.3 is 10.4 Å². The van der Waals surface area contributed by atoms with Crippen molar-refractivity contribution in [3.63, 3.8) is 0 Å². The second-order valence-electron chi connectivity index (χ2n) is 4.84. The molecule has 0 aromatic heterocycles. The molecule has 0 aliphatic heterocycles. The molecule has 0 saturated carbocycles. The molecule has 0 amide bonds. The number of hydrogen-bond donors (Lipinski definition) is 2. The minimum atomic E-state index is -0.763. The summed E-state index contributed by atoms with van der Waals surface area (Å²) in [5.74, 6) is -0.763. The van der Waals surface area contributed by atoms with Crippen LogP contribution in [0, 0.1) is 0 Å². The minimum absolute atomic E-state index is 0.413. The van der Waals surface area contributed by atoms with Gasteiger partial charge in [-0.05, 0) is 19.9 Å². The molecule has 0 aromatic carbocycles. The average Bonchev–Trinajstić information content (AvgIpc) is 2.31. The zero-order chi connectivity index (χ0) is 12.9. The Balaban J connectivity index is 3.06. The molecule has 3 nitrogen and oxygen atoms in total. The molecule has 0 bridgehead atoms. The van der Waals surface area contributed by atoms with Gasteiger partial charge in [-0.1, -0.05) is 58.3 Å². The third-order valence-electron chi connectivity index (χ3n) is 3.10. The topological polar surface area (TPSA) is 49.3 Å². The Labute approximate surface area is 106 Å². The quantitative estimate of drug-likeness (QED) is 0.515. The monoisotopic (exact) mass is 243 g/mol. The van der Waals surface area contributed by atoms with Gasteiger partial charge in [-0.2, -0.15) is 0 Å². The summed E-state index contributed by atoms with van der Waals surface area (Å²) in [5.41, 5.74) is 0. The zero-order valence-corrected chi connectivity index (χ0v) is 11.5. The van der Waals surface area contributed by atoms with E-state index in [1.165, 1.54) is 51.4 Å². The van der Waals surface area contributed by atoms with Crippen LogP contribution in [0.15, 0.2) is 0 Å². The van der Waals surface area contributed by atoms with Crippen molar-refractivity contribution < 1.29 is 9.90 Å². The lowest BCUT2D eigenvalue weighted by Crippen LogP contribution is -2.34. The van der Waals surface area contributed by atoms with Crippen molar-refractivity contribution in [3.8, 4) is 0 Å². The van der Waals surface area contributed by atoms with Gasteiger partial charge in [0.05, 0.1) is 0 Å². The van der Waals surface area contributed by atoms with Crippen LogP contribution in [0.3, 0.4) is 0 Å². The number of carboxylic acids is 1. The molecule has 2 N–H and O–H groups in total. The summed E-state index contributed by atoms with van der Waals surface area (Å²) in [6, 6.07) is -0.413. The molecule has 0 heterocycles. The Kier molecular flexibility index (Phi) is 11.5. The van der Waals surface area contributed by atoms with Crippen molar-refractivity contribution in [1.82, 2.24) is 5.32 Å². The molecule has 0 aliphatic rings. The second kappa shape index (κ2) is 11.9. The van der Waals surface area contributed by atoms with Crippen molar-refractivity contribution in [3.05, 3.63) is 0 Å². The first-order chi connectivity index (χ1) is 8.18. The summed E-state index contributed by atoms with van der Waals surface area (Å²) < 4.78 is 0. The van der Waals surface area contributed by atoms with E-state index in [1.54, 1.807) is 6.92 Å². The second-order valence-corrected chi connectivity index (χ2v) is 4.84. The number of aliphatic carboxylic acids is 1. The first-order valence-electron chi connectivity index (χ1n) is 7.14. The fraction of sp³-hybridized carbons (Fsp3) is 0.929. The van der Waals surface area contributed by atoms with E-state index in [-0.39, 0.29) is 0 Å². The lowest BCUT2D eigenvalue weighted by atomic mass is 10.1. The summed E-state index contributed by atoms with van der Waals surface area (Å²) in [6.45, 7) is 4.75. The third kappa shape index (κ3) is 11.7. The van der Waals surface area contributed by atoms with Crippen molar-refractivity contribution in [2.75, 3.05) is 6.54 Å². The van der Waals surface area contributed by atoms with Gasteiger partial charge in [0.15, 0.2) is 0 Å². The largest absolute Gasteiger partial charge is 0.480 e. The molecule has 1 atom stereocenters. The van der Waals surface area contributed by atoms with Crippen LogP contribution in [-0.2, 0) is 4.79 Å². The number of hydrogen-bond acceptors (Lipinski definition) is 2. The smallest absolute Gasteiger partial charge is 0.320 e. The molecule has 0 aromatic rings. The zero-order valence-electron chi connectivity index (χ0n) is 11.5. The fourth-order valence-electron chi connectivity index (χ4n) is 1.84. The molecule has 0 rings (SSSR count). The van der Waals surface area contributed by atoms with Crippen LogP contribution in [0.25, 0.3) is 0 Å². The van der Waals surface area contributed by atoms with E-state index in [2.05, 4.69) is 12.2 Å². The van der Waals surface area contributed by atoms with Gasteiger partial charge in [0.25, 0.3) is 0 Å². The first-order valence-corrected chi connectivity index (χ1v) is 7.14. The maximum atomic E-state index is 10.5. The standard InChI is InChI=1S/C14H29NO2/c1-3-4-5-6-7-8-9-10-11-12-15-13(2)14(16)17/h13,15H,3-12H2,1-2H3,(H,16,17)/t13-/m0/s1. The lowest BCUT2D eigenvalue weighted by molar-refractivity contribution is -0.138. The molecule has 0 fully saturated rings. The summed E-state index contributed by atoms with van der Waals surface area (Å²) >= 11 is 0. The van der Waals surface area contributed by atoms with Gasteiger partial charge in [-0.3, -0.25) is 4.79 Å². The van der Waals surface area contributed by atoms with E-state index < -0.39 is 12.0 Å². The van der Waals surface area contributed by atoms with Crippen LogP contribution in [0.5, 0.6) is 0 Å². The number of carboxylic acid groups (broad SMARTS) is 1. The Morgan fingerprint density at radius 2 is 1.47 bits per heavy atom. The number of nitrogens with one attached hydrogen (secondary N) is 1. The lowest BCUT2D eigenvalue weighted by Gasteiger charge is -2.08. The van der Waals surface area contributed by atoms with Crippen LogP contribution in [0.1, 0.15) is 71.6 Å². The van der Waals surface area contributed by atoms with Crippen LogP contribution in [0.2, 0.25) is 0 Å².